The molecule has 0 unspecified atom stereocenters. The van der Waals surface area contributed by atoms with Gasteiger partial charge in [-0.05, 0) is 24.3 Å². The number of benzene rings is 2. The molecule has 172 valence electrons. The number of carboxylic acid groups (broad SMARTS) is 2. The number of carbonyl (C=O) groups is 4. The van der Waals surface area contributed by atoms with Crippen LogP contribution in [-0.4, -0.2) is 39.6 Å². The molecule has 1 aliphatic heterocycles. The molecule has 3 heterocycles. The molecule has 2 aromatic carbocycles. The van der Waals surface area contributed by atoms with Gasteiger partial charge in [-0.15, -0.1) is 0 Å². The molecule has 5 rings (SSSR count). The van der Waals surface area contributed by atoms with E-state index in [4.69, 9.17) is 10.2 Å². The summed E-state index contributed by atoms with van der Waals surface area (Å²) in [5, 5.41) is 17.5. The van der Waals surface area contributed by atoms with Crippen LogP contribution in [0.25, 0.3) is 21.5 Å². The van der Waals surface area contributed by atoms with E-state index in [1.165, 1.54) is 0 Å². The third-order valence-electron chi connectivity index (χ3n) is 4.65. The van der Waals surface area contributed by atoms with Gasteiger partial charge in [-0.1, -0.05) is 0 Å². The molecule has 14 nitrogen and oxygen atoms in total. The number of hydrogen-bond donors (Lipinski definition) is 2. The minimum atomic E-state index is -1.50. The van der Waals surface area contributed by atoms with Gasteiger partial charge in [0.15, 0.2) is 0 Å². The Balaban J connectivity index is 0.000000185. The largest absolute Gasteiger partial charge is 0.478 e. The third kappa shape index (κ3) is 3.55. The number of cyclic esters (lactones) is 2. The highest BCUT2D eigenvalue weighted by atomic mass is 16.6. The number of furan rings is 2. The fraction of sp³-hybridized carbons (Fsp3) is 0. The SMILES string of the molecule is O.O=C(O)c1cc2c(cc1C(=O)O)C(=O)OC2=O.O=c1oc(=O)c2cc3c(=O)oc(=O)c3cc12. The summed E-state index contributed by atoms with van der Waals surface area (Å²) >= 11 is 0. The van der Waals surface area contributed by atoms with E-state index < -0.39 is 57.5 Å². The van der Waals surface area contributed by atoms with Crippen molar-refractivity contribution in [2.24, 2.45) is 0 Å². The second kappa shape index (κ2) is 8.03. The Hall–Kier alpha value is -5.24. The van der Waals surface area contributed by atoms with Crippen molar-refractivity contribution >= 4 is 45.4 Å². The Morgan fingerprint density at radius 2 is 0.853 bits per heavy atom. The van der Waals surface area contributed by atoms with Crippen molar-refractivity contribution in [2.75, 3.05) is 0 Å². The van der Waals surface area contributed by atoms with Gasteiger partial charge in [0.2, 0.25) is 0 Å². The van der Waals surface area contributed by atoms with Crippen LogP contribution in [0.5, 0.6) is 0 Å². The van der Waals surface area contributed by atoms with E-state index in [0.717, 1.165) is 24.3 Å². The quantitative estimate of drug-likeness (QED) is 0.265. The monoisotopic (exact) mass is 472 g/mol. The van der Waals surface area contributed by atoms with Gasteiger partial charge in [0.05, 0.1) is 43.8 Å². The fourth-order valence-electron chi connectivity index (χ4n) is 3.15. The Morgan fingerprint density at radius 1 is 0.559 bits per heavy atom. The van der Waals surface area contributed by atoms with Gasteiger partial charge < -0.3 is 29.3 Å². The maximum absolute atomic E-state index is 11.2. The highest BCUT2D eigenvalue weighted by Crippen LogP contribution is 2.24. The van der Waals surface area contributed by atoms with E-state index in [2.05, 4.69) is 13.6 Å². The first-order chi connectivity index (χ1) is 15.5. The molecule has 0 saturated heterocycles. The summed E-state index contributed by atoms with van der Waals surface area (Å²) in [5.74, 6) is -4.97. The van der Waals surface area contributed by atoms with Crippen LogP contribution in [0.15, 0.2) is 52.3 Å². The summed E-state index contributed by atoms with van der Waals surface area (Å²) in [6.07, 6.45) is 0. The van der Waals surface area contributed by atoms with Crippen LogP contribution in [-0.2, 0) is 4.74 Å². The van der Waals surface area contributed by atoms with Crippen molar-refractivity contribution in [1.29, 1.82) is 0 Å². The zero-order chi connectivity index (χ0) is 24.2. The maximum Gasteiger partial charge on any atom is 0.346 e. The lowest BCUT2D eigenvalue weighted by molar-refractivity contribution is 0.0443. The molecule has 0 amide bonds. The predicted octanol–water partition coefficient (Wildman–Crippen LogP) is -0.936. The second-order valence-electron chi connectivity index (χ2n) is 6.53. The molecule has 2 aromatic heterocycles. The Kier molecular flexibility index (Phi) is 5.53. The van der Waals surface area contributed by atoms with Crippen molar-refractivity contribution < 1.29 is 48.4 Å². The zero-order valence-corrected chi connectivity index (χ0v) is 16.2. The number of carbonyl (C=O) groups excluding carboxylic acids is 2. The van der Waals surface area contributed by atoms with Crippen LogP contribution in [0.3, 0.4) is 0 Å². The molecule has 34 heavy (non-hydrogen) atoms. The van der Waals surface area contributed by atoms with Gasteiger partial charge in [-0.2, -0.15) is 0 Å². The van der Waals surface area contributed by atoms with Crippen molar-refractivity contribution in [1.82, 2.24) is 0 Å². The molecule has 4 aromatic rings. The first kappa shape index (κ1) is 23.4. The molecule has 0 radical (unpaired) electrons. The molecule has 0 fully saturated rings. The van der Waals surface area contributed by atoms with Gasteiger partial charge in [-0.25, -0.2) is 38.4 Å². The number of hydrogen-bond acceptors (Lipinski definition) is 11. The fourth-order valence-corrected chi connectivity index (χ4v) is 3.15. The standard InChI is InChI=1S/C10H4O7.C10H2O6.H2O/c11-7(12)3-1-5-6(2-4(3)8(13)14)10(16)17-9(5)15;11-7-3-1-4-6(10(14)16-8(4)12)2-5(3)9(13)15-7;/h1-2H,(H,11,12)(H,13,14);1-2H;1H2. The normalized spacial score (nSPS) is 12.0. The lowest BCUT2D eigenvalue weighted by Gasteiger charge is -2.02. The molecule has 0 bridgehead atoms. The third-order valence-corrected chi connectivity index (χ3v) is 4.65. The number of fused-ring (bicyclic) bond motifs is 3. The first-order valence-corrected chi connectivity index (χ1v) is 8.61. The van der Waals surface area contributed by atoms with Crippen LogP contribution in [0, 0.1) is 0 Å². The molecule has 4 N–H and O–H groups in total. The van der Waals surface area contributed by atoms with Gasteiger partial charge in [0.1, 0.15) is 0 Å². The molecule has 1 aliphatic rings. The zero-order valence-electron chi connectivity index (χ0n) is 16.2. The second-order valence-corrected chi connectivity index (χ2v) is 6.53. The van der Waals surface area contributed by atoms with Gasteiger partial charge in [-0.3, -0.25) is 0 Å². The predicted molar refractivity (Wildman–Crippen MR) is 107 cm³/mol. The smallest absolute Gasteiger partial charge is 0.346 e. The average Bonchev–Trinajstić information content (AvgIpc) is 3.31. The molecule has 14 heteroatoms. The highest BCUT2D eigenvalue weighted by molar-refractivity contribution is 6.17. The summed E-state index contributed by atoms with van der Waals surface area (Å²) in [6, 6.07) is 3.94. The Morgan fingerprint density at radius 3 is 1.12 bits per heavy atom. The molecular weight excluding hydrogens is 464 g/mol. The van der Waals surface area contributed by atoms with E-state index >= 15 is 0 Å². The van der Waals surface area contributed by atoms with Crippen LogP contribution in [0.1, 0.15) is 41.4 Å². The summed E-state index contributed by atoms with van der Waals surface area (Å²) in [7, 11) is 0. The van der Waals surface area contributed by atoms with E-state index in [0.29, 0.717) is 0 Å². The number of esters is 2. The van der Waals surface area contributed by atoms with Gasteiger partial charge in [0.25, 0.3) is 0 Å². The summed E-state index contributed by atoms with van der Waals surface area (Å²) in [4.78, 5) is 88.7. The van der Waals surface area contributed by atoms with Crippen molar-refractivity contribution in [3.63, 3.8) is 0 Å². The van der Waals surface area contributed by atoms with E-state index in [1.54, 1.807) is 0 Å². The van der Waals surface area contributed by atoms with E-state index in [-0.39, 0.29) is 38.1 Å². The lowest BCUT2D eigenvalue weighted by atomic mass is 9.99. The minimum Gasteiger partial charge on any atom is -0.478 e. The van der Waals surface area contributed by atoms with Crippen LogP contribution < -0.4 is 22.5 Å². The van der Waals surface area contributed by atoms with Crippen LogP contribution in [0.4, 0.5) is 0 Å². The van der Waals surface area contributed by atoms with Crippen LogP contribution in [0.2, 0.25) is 0 Å². The summed E-state index contributed by atoms with van der Waals surface area (Å²) in [5.41, 5.74) is -4.91. The number of ether oxygens (including phenoxy) is 1. The van der Waals surface area contributed by atoms with Crippen molar-refractivity contribution in [3.05, 3.63) is 88.2 Å². The minimum absolute atomic E-state index is 0. The van der Waals surface area contributed by atoms with Gasteiger partial charge >= 0.3 is 46.4 Å². The Labute approximate surface area is 182 Å². The maximum atomic E-state index is 11.2. The van der Waals surface area contributed by atoms with Crippen molar-refractivity contribution in [2.45, 2.75) is 0 Å². The molecule has 0 spiro atoms. The summed E-state index contributed by atoms with van der Waals surface area (Å²) < 4.78 is 12.9. The van der Waals surface area contributed by atoms with Crippen molar-refractivity contribution in [3.8, 4) is 0 Å². The number of rotatable bonds is 2. The molecule has 0 aliphatic carbocycles. The molecule has 0 saturated carbocycles. The lowest BCUT2D eigenvalue weighted by Crippen LogP contribution is -2.10. The topological polar surface area (TPSA) is 244 Å². The van der Waals surface area contributed by atoms with E-state index in [9.17, 15) is 38.4 Å². The number of aromatic carboxylic acids is 2. The number of carboxylic acids is 2. The average molecular weight is 472 g/mol. The molecular formula is C20H8O14. The Bertz CT molecular complexity index is 1560. The highest BCUT2D eigenvalue weighted by Gasteiger charge is 2.33. The van der Waals surface area contributed by atoms with E-state index in [1.807, 2.05) is 0 Å². The van der Waals surface area contributed by atoms with Gasteiger partial charge in [0, 0.05) is 0 Å². The van der Waals surface area contributed by atoms with Crippen LogP contribution >= 0.6 is 0 Å². The summed E-state index contributed by atoms with van der Waals surface area (Å²) in [6.45, 7) is 0. The first-order valence-electron chi connectivity index (χ1n) is 8.61. The molecule has 0 atom stereocenters.